The third-order valence-corrected chi connectivity index (χ3v) is 5.23. The van der Waals surface area contributed by atoms with E-state index in [1.165, 1.54) is 5.56 Å². The van der Waals surface area contributed by atoms with Crippen LogP contribution in [0.25, 0.3) is 0 Å². The third kappa shape index (κ3) is 3.68. The maximum Gasteiger partial charge on any atom is 0.245 e. The largest absolute Gasteiger partial charge is 0.490 e. The van der Waals surface area contributed by atoms with Crippen molar-refractivity contribution in [2.24, 2.45) is 5.73 Å². The van der Waals surface area contributed by atoms with E-state index < -0.39 is 5.54 Å². The number of aryl methyl sites for hydroxylation is 1. The highest BCUT2D eigenvalue weighted by Crippen LogP contribution is 2.37. The van der Waals surface area contributed by atoms with Crippen molar-refractivity contribution in [1.29, 1.82) is 0 Å². The Balaban J connectivity index is 0.00000225. The van der Waals surface area contributed by atoms with Gasteiger partial charge in [-0.1, -0.05) is 40.2 Å². The van der Waals surface area contributed by atoms with Crippen LogP contribution in [0.2, 0.25) is 0 Å². The Morgan fingerprint density at radius 3 is 2.52 bits per heavy atom. The lowest BCUT2D eigenvalue weighted by molar-refractivity contribution is -0.127. The van der Waals surface area contributed by atoms with Gasteiger partial charge in [-0.2, -0.15) is 0 Å². The summed E-state index contributed by atoms with van der Waals surface area (Å²) >= 11 is 3.39. The van der Waals surface area contributed by atoms with Gasteiger partial charge in [0.25, 0.3) is 0 Å². The number of fused-ring (bicyclic) bond motifs is 1. The summed E-state index contributed by atoms with van der Waals surface area (Å²) in [7, 11) is 0. The van der Waals surface area contributed by atoms with E-state index in [4.69, 9.17) is 10.5 Å². The molecule has 3 rings (SSSR count). The van der Waals surface area contributed by atoms with Gasteiger partial charge in [-0.25, -0.2) is 0 Å². The highest BCUT2D eigenvalue weighted by molar-refractivity contribution is 9.10. The molecule has 1 aliphatic heterocycles. The van der Waals surface area contributed by atoms with E-state index in [1.54, 1.807) is 6.92 Å². The number of nitrogens with one attached hydrogen (secondary N) is 1. The van der Waals surface area contributed by atoms with Crippen molar-refractivity contribution in [2.45, 2.75) is 32.4 Å². The summed E-state index contributed by atoms with van der Waals surface area (Å²) in [6, 6.07) is 11.4. The standard InChI is InChI=1S/C19H21BrN2O2.ClH/c1-11-4-9-15-16(10-24-17(15)12(11)2)22-18(23)19(3,21)13-5-7-14(20)8-6-13;/h4-9,16H,10,21H2,1-3H3,(H,22,23);1H. The number of hydrogen-bond donors (Lipinski definition) is 2. The molecule has 2 aromatic carbocycles. The molecular weight excluding hydrogens is 404 g/mol. The van der Waals surface area contributed by atoms with E-state index in [0.717, 1.165) is 26.9 Å². The minimum absolute atomic E-state index is 0. The smallest absolute Gasteiger partial charge is 0.245 e. The van der Waals surface area contributed by atoms with Crippen LogP contribution >= 0.6 is 28.3 Å². The number of nitrogens with two attached hydrogens (primary N) is 1. The first-order valence-corrected chi connectivity index (χ1v) is 8.69. The molecule has 0 aliphatic carbocycles. The van der Waals surface area contributed by atoms with Crippen molar-refractivity contribution < 1.29 is 9.53 Å². The number of amides is 1. The molecule has 3 N–H and O–H groups in total. The van der Waals surface area contributed by atoms with E-state index in [0.29, 0.717) is 6.61 Å². The van der Waals surface area contributed by atoms with Crippen LogP contribution < -0.4 is 15.8 Å². The lowest BCUT2D eigenvalue weighted by Crippen LogP contribution is -2.50. The Morgan fingerprint density at radius 1 is 1.24 bits per heavy atom. The van der Waals surface area contributed by atoms with Crippen LogP contribution in [0.15, 0.2) is 40.9 Å². The molecule has 4 nitrogen and oxygen atoms in total. The fourth-order valence-corrected chi connectivity index (χ4v) is 3.15. The van der Waals surface area contributed by atoms with Gasteiger partial charge in [0.2, 0.25) is 5.91 Å². The van der Waals surface area contributed by atoms with E-state index >= 15 is 0 Å². The second-order valence-electron chi connectivity index (χ2n) is 6.47. The van der Waals surface area contributed by atoms with Gasteiger partial charge in [-0.05, 0) is 49.6 Å². The third-order valence-electron chi connectivity index (χ3n) is 4.70. The van der Waals surface area contributed by atoms with Gasteiger partial charge in [0.15, 0.2) is 0 Å². The normalized spacial score (nSPS) is 17.7. The van der Waals surface area contributed by atoms with Gasteiger partial charge in [0.1, 0.15) is 17.9 Å². The number of ether oxygens (including phenoxy) is 1. The zero-order chi connectivity index (χ0) is 17.5. The van der Waals surface area contributed by atoms with E-state index in [1.807, 2.05) is 37.3 Å². The maximum absolute atomic E-state index is 12.8. The van der Waals surface area contributed by atoms with E-state index in [2.05, 4.69) is 34.2 Å². The SMILES string of the molecule is Cc1ccc2c(c1C)OCC2NC(=O)C(C)(N)c1ccc(Br)cc1.Cl. The second-order valence-corrected chi connectivity index (χ2v) is 7.39. The molecule has 2 aromatic rings. The van der Waals surface area contributed by atoms with Crippen molar-refractivity contribution in [3.63, 3.8) is 0 Å². The van der Waals surface area contributed by atoms with Crippen molar-refractivity contribution in [2.75, 3.05) is 6.61 Å². The highest BCUT2D eigenvalue weighted by Gasteiger charge is 2.35. The van der Waals surface area contributed by atoms with Gasteiger partial charge in [0, 0.05) is 10.0 Å². The predicted octanol–water partition coefficient (Wildman–Crippen LogP) is 3.91. The Bertz CT molecular complexity index is 791. The molecule has 0 fully saturated rings. The molecule has 1 amide bonds. The molecule has 2 atom stereocenters. The first kappa shape index (κ1) is 19.8. The average Bonchev–Trinajstić information content (AvgIpc) is 2.95. The van der Waals surface area contributed by atoms with Crippen LogP contribution in [0.1, 0.15) is 35.2 Å². The molecule has 0 spiro atoms. The Morgan fingerprint density at radius 2 is 1.88 bits per heavy atom. The van der Waals surface area contributed by atoms with E-state index in [-0.39, 0.29) is 24.4 Å². The Hall–Kier alpha value is -1.56. The van der Waals surface area contributed by atoms with Gasteiger partial charge in [0.05, 0.1) is 6.04 Å². The lowest BCUT2D eigenvalue weighted by atomic mass is 9.91. The lowest BCUT2D eigenvalue weighted by Gasteiger charge is -2.26. The topological polar surface area (TPSA) is 64.3 Å². The summed E-state index contributed by atoms with van der Waals surface area (Å²) in [4.78, 5) is 12.8. The van der Waals surface area contributed by atoms with Crippen molar-refractivity contribution in [1.82, 2.24) is 5.32 Å². The molecular formula is C19H22BrClN2O2. The average molecular weight is 426 g/mol. The van der Waals surface area contributed by atoms with Gasteiger partial charge in [-0.3, -0.25) is 4.79 Å². The zero-order valence-corrected chi connectivity index (χ0v) is 16.8. The number of carbonyl (C=O) groups is 1. The van der Waals surface area contributed by atoms with Gasteiger partial charge < -0.3 is 15.8 Å². The summed E-state index contributed by atoms with van der Waals surface area (Å²) in [5, 5.41) is 3.03. The summed E-state index contributed by atoms with van der Waals surface area (Å²) in [5.74, 6) is 0.659. The molecule has 0 aromatic heterocycles. The first-order chi connectivity index (χ1) is 11.3. The number of halogens is 2. The molecule has 0 saturated heterocycles. The van der Waals surface area contributed by atoms with Crippen molar-refractivity contribution in [3.8, 4) is 5.75 Å². The Labute approximate surface area is 162 Å². The number of carbonyl (C=O) groups excluding carboxylic acids is 1. The summed E-state index contributed by atoms with van der Waals surface area (Å²) in [6.45, 7) is 6.24. The van der Waals surface area contributed by atoms with Crippen LogP contribution in [0.3, 0.4) is 0 Å². The highest BCUT2D eigenvalue weighted by atomic mass is 79.9. The molecule has 0 radical (unpaired) electrons. The molecule has 25 heavy (non-hydrogen) atoms. The first-order valence-electron chi connectivity index (χ1n) is 7.89. The van der Waals surface area contributed by atoms with Crippen LogP contribution in [-0.4, -0.2) is 12.5 Å². The van der Waals surface area contributed by atoms with Gasteiger partial charge in [-0.15, -0.1) is 12.4 Å². The molecule has 2 unspecified atom stereocenters. The minimum atomic E-state index is -1.11. The molecule has 0 bridgehead atoms. The number of rotatable bonds is 3. The van der Waals surface area contributed by atoms with Crippen molar-refractivity contribution >= 4 is 34.2 Å². The van der Waals surface area contributed by atoms with Gasteiger partial charge >= 0.3 is 0 Å². The Kier molecular flexibility index (Phi) is 5.82. The molecule has 1 heterocycles. The van der Waals surface area contributed by atoms with Crippen LogP contribution in [0.4, 0.5) is 0 Å². The molecule has 0 saturated carbocycles. The minimum Gasteiger partial charge on any atom is -0.490 e. The zero-order valence-electron chi connectivity index (χ0n) is 14.4. The van der Waals surface area contributed by atoms with Crippen LogP contribution in [0.5, 0.6) is 5.75 Å². The number of benzene rings is 2. The maximum atomic E-state index is 12.8. The second kappa shape index (κ2) is 7.36. The summed E-state index contributed by atoms with van der Waals surface area (Å²) in [6.07, 6.45) is 0. The monoisotopic (exact) mass is 424 g/mol. The van der Waals surface area contributed by atoms with E-state index in [9.17, 15) is 4.79 Å². The van der Waals surface area contributed by atoms with Crippen molar-refractivity contribution in [3.05, 3.63) is 63.1 Å². The summed E-state index contributed by atoms with van der Waals surface area (Å²) < 4.78 is 6.75. The van der Waals surface area contributed by atoms with Crippen LogP contribution in [0, 0.1) is 13.8 Å². The molecule has 6 heteroatoms. The molecule has 1 aliphatic rings. The number of hydrogen-bond acceptors (Lipinski definition) is 3. The molecule has 134 valence electrons. The fraction of sp³-hybridized carbons (Fsp3) is 0.316. The summed E-state index contributed by atoms with van der Waals surface area (Å²) in [5.41, 5.74) is 9.28. The van der Waals surface area contributed by atoms with Crippen LogP contribution in [-0.2, 0) is 10.3 Å². The predicted molar refractivity (Wildman–Crippen MR) is 105 cm³/mol. The quantitative estimate of drug-likeness (QED) is 0.783. The fourth-order valence-electron chi connectivity index (χ4n) is 2.89.